The number of hydrogen-bond donors (Lipinski definition) is 0. The summed E-state index contributed by atoms with van der Waals surface area (Å²) in [5.74, 6) is 0.00763. The second kappa shape index (κ2) is 6.65. The number of rotatable bonds is 3. The van der Waals surface area contributed by atoms with Crippen molar-refractivity contribution in [3.8, 4) is 0 Å². The van der Waals surface area contributed by atoms with Crippen molar-refractivity contribution in [2.24, 2.45) is 7.05 Å². The van der Waals surface area contributed by atoms with Crippen LogP contribution in [-0.2, 0) is 18.2 Å². The highest BCUT2D eigenvalue weighted by atomic mass is 16.6. The van der Waals surface area contributed by atoms with Gasteiger partial charge in [-0.05, 0) is 23.8 Å². The first kappa shape index (κ1) is 17.8. The zero-order chi connectivity index (χ0) is 20.0. The van der Waals surface area contributed by atoms with Gasteiger partial charge < -0.3 is 14.2 Å². The van der Waals surface area contributed by atoms with Gasteiger partial charge in [-0.15, -0.1) is 0 Å². The summed E-state index contributed by atoms with van der Waals surface area (Å²) in [7, 11) is 1.98. The third-order valence-corrected chi connectivity index (χ3v) is 6.16. The highest BCUT2D eigenvalue weighted by molar-refractivity contribution is 6.06. The lowest BCUT2D eigenvalue weighted by Crippen LogP contribution is -2.63. The van der Waals surface area contributed by atoms with Crippen LogP contribution in [0.25, 0.3) is 10.9 Å². The molecule has 0 spiro atoms. The molecule has 148 valence electrons. The monoisotopic (exact) mass is 389 g/mol. The number of amides is 2. The molecule has 1 atom stereocenters. The van der Waals surface area contributed by atoms with E-state index in [1.807, 2.05) is 70.1 Å². The number of fused-ring (bicyclic) bond motifs is 2. The Morgan fingerprint density at radius 3 is 2.72 bits per heavy atom. The fourth-order valence-electron chi connectivity index (χ4n) is 4.67. The maximum Gasteiger partial charge on any atom is 0.410 e. The molecule has 2 amide bonds. The molecular formula is C23H23N3O3. The Morgan fingerprint density at radius 1 is 1.07 bits per heavy atom. The summed E-state index contributed by atoms with van der Waals surface area (Å²) >= 11 is 0. The van der Waals surface area contributed by atoms with Gasteiger partial charge in [0.1, 0.15) is 12.1 Å². The molecule has 6 nitrogen and oxygen atoms in total. The molecule has 29 heavy (non-hydrogen) atoms. The predicted molar refractivity (Wildman–Crippen MR) is 110 cm³/mol. The van der Waals surface area contributed by atoms with Gasteiger partial charge >= 0.3 is 6.09 Å². The molecule has 3 heterocycles. The highest BCUT2D eigenvalue weighted by Gasteiger charge is 2.51. The fraction of sp³-hybridized carbons (Fsp3) is 0.304. The number of carbonyl (C=O) groups excluding carboxylic acids is 2. The normalized spacial score (nSPS) is 21.3. The summed E-state index contributed by atoms with van der Waals surface area (Å²) < 4.78 is 7.45. The van der Waals surface area contributed by atoms with E-state index in [4.69, 9.17) is 4.74 Å². The van der Waals surface area contributed by atoms with Gasteiger partial charge in [-0.1, -0.05) is 36.4 Å². The molecule has 6 heteroatoms. The quantitative estimate of drug-likeness (QED) is 0.692. The molecule has 3 aromatic rings. The van der Waals surface area contributed by atoms with E-state index in [0.29, 0.717) is 38.2 Å². The molecule has 0 N–H and O–H groups in total. The van der Waals surface area contributed by atoms with Gasteiger partial charge in [0.25, 0.3) is 5.91 Å². The van der Waals surface area contributed by atoms with Crippen LogP contribution in [0.4, 0.5) is 4.79 Å². The van der Waals surface area contributed by atoms with E-state index < -0.39 is 5.54 Å². The number of ether oxygens (including phenoxy) is 1. The van der Waals surface area contributed by atoms with Gasteiger partial charge in [0.05, 0.1) is 0 Å². The van der Waals surface area contributed by atoms with E-state index in [9.17, 15) is 9.59 Å². The lowest BCUT2D eigenvalue weighted by Gasteiger charge is -2.44. The summed E-state index contributed by atoms with van der Waals surface area (Å²) in [6, 6.07) is 17.9. The Kier molecular flexibility index (Phi) is 4.08. The number of cyclic esters (lactones) is 1. The third kappa shape index (κ3) is 2.87. The van der Waals surface area contributed by atoms with Crippen LogP contribution < -0.4 is 0 Å². The van der Waals surface area contributed by atoms with Crippen LogP contribution in [0.5, 0.6) is 0 Å². The van der Waals surface area contributed by atoms with Crippen LogP contribution in [-0.4, -0.2) is 58.1 Å². The molecule has 1 aromatic heterocycles. The van der Waals surface area contributed by atoms with Crippen molar-refractivity contribution >= 4 is 22.9 Å². The van der Waals surface area contributed by atoms with Crippen molar-refractivity contribution in [3.05, 3.63) is 71.9 Å². The number of aryl methyl sites for hydroxylation is 1. The van der Waals surface area contributed by atoms with E-state index in [1.165, 1.54) is 0 Å². The Labute approximate surface area is 169 Å². The van der Waals surface area contributed by atoms with Crippen molar-refractivity contribution in [2.75, 3.05) is 26.2 Å². The SMILES string of the molecule is Cn1ccc2c(C(=O)N3CCN4C(=O)OCC4(Cc4ccccc4)C3)cccc21. The Bertz CT molecular complexity index is 1090. The Morgan fingerprint density at radius 2 is 1.90 bits per heavy atom. The van der Waals surface area contributed by atoms with Crippen LogP contribution in [0.2, 0.25) is 0 Å². The van der Waals surface area contributed by atoms with Crippen molar-refractivity contribution < 1.29 is 14.3 Å². The van der Waals surface area contributed by atoms with Crippen molar-refractivity contribution in [2.45, 2.75) is 12.0 Å². The molecular weight excluding hydrogens is 366 g/mol. The van der Waals surface area contributed by atoms with E-state index in [-0.39, 0.29) is 12.0 Å². The predicted octanol–water partition coefficient (Wildman–Crippen LogP) is 3.07. The van der Waals surface area contributed by atoms with Crippen LogP contribution in [0.1, 0.15) is 15.9 Å². The summed E-state index contributed by atoms with van der Waals surface area (Å²) in [5, 5.41) is 0.957. The van der Waals surface area contributed by atoms with Gasteiger partial charge in [-0.3, -0.25) is 9.69 Å². The first-order valence-electron chi connectivity index (χ1n) is 9.89. The van der Waals surface area contributed by atoms with Crippen LogP contribution in [0, 0.1) is 0 Å². The van der Waals surface area contributed by atoms with Crippen LogP contribution >= 0.6 is 0 Å². The van der Waals surface area contributed by atoms with E-state index >= 15 is 0 Å². The van der Waals surface area contributed by atoms with Gasteiger partial charge in [-0.2, -0.15) is 0 Å². The summed E-state index contributed by atoms with van der Waals surface area (Å²) in [6.07, 6.45) is 2.36. The van der Waals surface area contributed by atoms with Crippen LogP contribution in [0.15, 0.2) is 60.8 Å². The zero-order valence-corrected chi connectivity index (χ0v) is 16.4. The molecule has 0 aliphatic carbocycles. The van der Waals surface area contributed by atoms with E-state index in [2.05, 4.69) is 12.1 Å². The average molecular weight is 389 g/mol. The fourth-order valence-corrected chi connectivity index (χ4v) is 4.67. The topological polar surface area (TPSA) is 54.8 Å². The minimum Gasteiger partial charge on any atom is -0.447 e. The van der Waals surface area contributed by atoms with Gasteiger partial charge in [0.2, 0.25) is 0 Å². The first-order valence-corrected chi connectivity index (χ1v) is 9.89. The second-order valence-electron chi connectivity index (χ2n) is 7.98. The molecule has 2 saturated heterocycles. The van der Waals surface area contributed by atoms with Crippen molar-refractivity contribution in [1.82, 2.24) is 14.4 Å². The zero-order valence-electron chi connectivity index (χ0n) is 16.4. The lowest BCUT2D eigenvalue weighted by molar-refractivity contribution is 0.0377. The summed E-state index contributed by atoms with van der Waals surface area (Å²) in [4.78, 5) is 29.5. The number of carbonyl (C=O) groups is 2. The molecule has 0 saturated carbocycles. The molecule has 1 unspecified atom stereocenters. The number of nitrogens with zero attached hydrogens (tertiary/aromatic N) is 3. The van der Waals surface area contributed by atoms with Gasteiger partial charge in [0, 0.05) is 55.8 Å². The maximum atomic E-state index is 13.5. The number of benzene rings is 2. The Balaban J connectivity index is 1.47. The number of aromatic nitrogens is 1. The average Bonchev–Trinajstić information content (AvgIpc) is 3.28. The minimum atomic E-state index is -0.517. The maximum absolute atomic E-state index is 13.5. The second-order valence-corrected chi connectivity index (χ2v) is 7.98. The molecule has 2 fully saturated rings. The smallest absolute Gasteiger partial charge is 0.410 e. The van der Waals surface area contributed by atoms with Crippen molar-refractivity contribution in [3.63, 3.8) is 0 Å². The molecule has 0 radical (unpaired) electrons. The van der Waals surface area contributed by atoms with Gasteiger partial charge in [-0.25, -0.2) is 4.79 Å². The van der Waals surface area contributed by atoms with Crippen LogP contribution in [0.3, 0.4) is 0 Å². The van der Waals surface area contributed by atoms with Crippen molar-refractivity contribution in [1.29, 1.82) is 0 Å². The summed E-state index contributed by atoms with van der Waals surface area (Å²) in [6.45, 7) is 1.77. The molecule has 0 bridgehead atoms. The largest absolute Gasteiger partial charge is 0.447 e. The molecule has 2 aliphatic heterocycles. The van der Waals surface area contributed by atoms with E-state index in [1.54, 1.807) is 0 Å². The minimum absolute atomic E-state index is 0.00763. The molecule has 5 rings (SSSR count). The Hall–Kier alpha value is -3.28. The highest BCUT2D eigenvalue weighted by Crippen LogP contribution is 2.33. The van der Waals surface area contributed by atoms with E-state index in [0.717, 1.165) is 16.5 Å². The summed E-state index contributed by atoms with van der Waals surface area (Å²) in [5.41, 5.74) is 2.36. The lowest BCUT2D eigenvalue weighted by atomic mass is 9.88. The standard InChI is InChI=1S/C23H23N3O3/c1-24-11-10-18-19(8-5-9-20(18)24)21(27)25-12-13-26-22(28)29-16-23(26,15-25)14-17-6-3-2-4-7-17/h2-11H,12-16H2,1H3. The molecule has 2 aliphatic rings. The molecule has 2 aromatic carbocycles. The third-order valence-electron chi connectivity index (χ3n) is 6.16. The number of hydrogen-bond acceptors (Lipinski definition) is 3. The first-order chi connectivity index (χ1) is 14.1. The van der Waals surface area contributed by atoms with Gasteiger partial charge in [0.15, 0.2) is 0 Å². The number of piperazine rings is 1.